The molecule has 0 aromatic heterocycles. The quantitative estimate of drug-likeness (QED) is 0.0275. The average molecular weight is 1970 g/mol. The van der Waals surface area contributed by atoms with Crippen LogP contribution in [0, 0.1) is 0 Å². The van der Waals surface area contributed by atoms with Crippen LogP contribution in [0.4, 0.5) is 0 Å². The van der Waals surface area contributed by atoms with Gasteiger partial charge in [-0.3, -0.25) is 28.8 Å². The summed E-state index contributed by atoms with van der Waals surface area (Å²) in [6.45, 7) is -6.65. The number of amides is 6. The molecule has 135 heavy (non-hydrogen) atoms. The number of aliphatic carboxylic acids is 1. The molecule has 0 aromatic rings. The summed E-state index contributed by atoms with van der Waals surface area (Å²) in [6, 6.07) is -11.5. The van der Waals surface area contributed by atoms with Gasteiger partial charge in [0.25, 0.3) is 5.79 Å². The molecule has 0 unspecified atom stereocenters. The maximum absolute atomic E-state index is 13.6. The van der Waals surface area contributed by atoms with Crippen molar-refractivity contribution in [2.45, 2.75) is 360 Å². The van der Waals surface area contributed by atoms with E-state index in [1.807, 2.05) is 0 Å². The van der Waals surface area contributed by atoms with Crippen LogP contribution in [0.5, 0.6) is 0 Å². The highest BCUT2D eigenvalue weighted by Gasteiger charge is 2.65. The van der Waals surface area contributed by atoms with Gasteiger partial charge in [-0.25, -0.2) is 4.79 Å². The lowest BCUT2D eigenvalue weighted by Crippen LogP contribution is -2.72. The van der Waals surface area contributed by atoms with Crippen LogP contribution in [-0.4, -0.2) is 563 Å². The van der Waals surface area contributed by atoms with Crippen LogP contribution in [-0.2, 0) is 124 Å². The molecule has 34 N–H and O–H groups in total. The molecule has 60 nitrogen and oxygen atoms in total. The molecule has 10 rings (SSSR count). The summed E-state index contributed by atoms with van der Waals surface area (Å²) < 4.78 is 114. The fraction of sp³-hybridized carbons (Fsp3) is 0.907. The summed E-state index contributed by atoms with van der Waals surface area (Å²) in [7, 11) is 0. The minimum absolute atomic E-state index is 0.823. The van der Waals surface area contributed by atoms with E-state index >= 15 is 0 Å². The van der Waals surface area contributed by atoms with Crippen LogP contribution in [0.25, 0.3) is 0 Å². The lowest BCUT2D eigenvalue weighted by atomic mass is 9.88. The number of rotatable bonds is 37. The molecule has 0 spiro atoms. The molecule has 60 heteroatoms. The van der Waals surface area contributed by atoms with Crippen LogP contribution < -0.4 is 31.9 Å². The molecule has 10 aliphatic heterocycles. The number of carboxylic acids is 1. The van der Waals surface area contributed by atoms with Crippen LogP contribution in [0.2, 0.25) is 0 Å². The minimum Gasteiger partial charge on any atom is -0.477 e. The van der Waals surface area contributed by atoms with Crippen molar-refractivity contribution in [2.75, 3.05) is 66.1 Å². The first-order valence-electron chi connectivity index (χ1n) is 42.8. The number of hydrogen-bond donors (Lipinski definition) is 34. The zero-order valence-electron chi connectivity index (χ0n) is 72.8. The fourth-order valence-electron chi connectivity index (χ4n) is 17.5. The number of ether oxygens (including phenoxy) is 19. The zero-order chi connectivity index (χ0) is 99.9. The molecular weight excluding hydrogens is 1850 g/mol. The predicted octanol–water partition coefficient (Wildman–Crippen LogP) is -22.7. The normalized spacial score (nSPS) is 46.4. The van der Waals surface area contributed by atoms with E-state index in [9.17, 15) is 177 Å². The monoisotopic (exact) mass is 1970 g/mol. The number of carbonyl (C=O) groups is 7. The molecule has 0 aromatic carbocycles. The maximum Gasteiger partial charge on any atom is 0.364 e. The molecule has 6 amide bonds. The van der Waals surface area contributed by atoms with Crippen LogP contribution in [0.1, 0.15) is 48.0 Å². The van der Waals surface area contributed by atoms with E-state index in [-0.39, 0.29) is 0 Å². The molecule has 0 saturated carbocycles. The van der Waals surface area contributed by atoms with Crippen LogP contribution >= 0.6 is 0 Å². The van der Waals surface area contributed by atoms with E-state index < -0.39 is 426 Å². The van der Waals surface area contributed by atoms with Crippen molar-refractivity contribution in [2.24, 2.45) is 0 Å². The molecule has 0 aliphatic carbocycles. The molecule has 10 heterocycles. The number of aliphatic hydroxyl groups is 27. The van der Waals surface area contributed by atoms with Crippen molar-refractivity contribution in [3.05, 3.63) is 0 Å². The Morgan fingerprint density at radius 3 is 1.01 bits per heavy atom. The van der Waals surface area contributed by atoms with Gasteiger partial charge in [-0.1, -0.05) is 0 Å². The lowest BCUT2D eigenvalue weighted by Gasteiger charge is -2.52. The average Bonchev–Trinajstić information content (AvgIpc) is 0.648. The largest absolute Gasteiger partial charge is 0.477 e. The highest BCUT2D eigenvalue weighted by atomic mass is 16.8. The smallest absolute Gasteiger partial charge is 0.364 e. The molecule has 778 valence electrons. The van der Waals surface area contributed by atoms with Crippen molar-refractivity contribution in [3.8, 4) is 0 Å². The Morgan fingerprint density at radius 1 is 0.304 bits per heavy atom. The molecule has 10 aliphatic rings. The van der Waals surface area contributed by atoms with Gasteiger partial charge in [0.05, 0.1) is 78.2 Å². The second kappa shape index (κ2) is 48.5. The van der Waals surface area contributed by atoms with Crippen molar-refractivity contribution in [1.82, 2.24) is 31.9 Å². The van der Waals surface area contributed by atoms with Gasteiger partial charge in [0.1, 0.15) is 238 Å². The minimum atomic E-state index is -3.37. The third-order valence-electron chi connectivity index (χ3n) is 24.3. The van der Waals surface area contributed by atoms with Crippen molar-refractivity contribution in [1.29, 1.82) is 0 Å². The Kier molecular flexibility index (Phi) is 40.0. The topological polar surface area (TPSA) is 933 Å². The first-order valence-corrected chi connectivity index (χ1v) is 42.8. The summed E-state index contributed by atoms with van der Waals surface area (Å²) >= 11 is 0. The Morgan fingerprint density at radius 2 is 0.600 bits per heavy atom. The van der Waals surface area contributed by atoms with Gasteiger partial charge < -0.3 is 265 Å². The van der Waals surface area contributed by atoms with E-state index in [0.717, 1.165) is 41.5 Å². The Balaban J connectivity index is 1.04. The molecule has 10 saturated heterocycles. The second-order valence-corrected chi connectivity index (χ2v) is 33.9. The molecule has 10 fully saturated rings. The van der Waals surface area contributed by atoms with E-state index in [4.69, 9.17) is 90.0 Å². The summed E-state index contributed by atoms with van der Waals surface area (Å²) in [5.41, 5.74) is 0. The SMILES string of the molecule is CC(=O)N[C@@H]1[C@@H](O)[C@H](O[C@@H]2O[C@H](CO)[C@@H](O[C@@H]3O[C@H](CO[C@H]4O[C@H](CO)[C@@H](O)[C@H](O)[C@@H]4O[C@@H]4O[C@H](CO)[C@@H](O)[C@H](O)[C@H]4NC(C)=O)[C@@H](O)[C@H](O[C@H]4O[C@H](CO)[C@@H](O[C@@H]5O[C@H](CO)[C@@H](O)[C@H](O)[C@H]5NC(C)=O)[C@H](O)[C@@H]4O[C@@H]4O[C@H](CO)[C@@H](O[C@@H]5O[C@H](CO)[C@H](O)[C@H](O[C@]6(C(=O)O)C[C@H](O)[C@@H](NC(C)=O)[C@H]([C@H](O)[C@H](O)CO)O6)[C@H]5O)[C@H](O)[C@H]4NC(C)=O)[C@@H]3O)[C@H](O)[C@H]2NC(C)=O)[C@@H](CO)O[C@H]1O. The predicted molar refractivity (Wildman–Crippen MR) is 416 cm³/mol. The number of aliphatic hydroxyl groups excluding tert-OH is 27. The van der Waals surface area contributed by atoms with Gasteiger partial charge in [0.2, 0.25) is 35.4 Å². The second-order valence-electron chi connectivity index (χ2n) is 33.9. The van der Waals surface area contributed by atoms with Gasteiger partial charge in [0, 0.05) is 48.0 Å². The summed E-state index contributed by atoms with van der Waals surface area (Å²) in [4.78, 5) is 90.1. The third kappa shape index (κ3) is 25.0. The van der Waals surface area contributed by atoms with Crippen molar-refractivity contribution in [3.63, 3.8) is 0 Å². The van der Waals surface area contributed by atoms with Crippen molar-refractivity contribution < 1.29 is 267 Å². The summed E-state index contributed by atoms with van der Waals surface area (Å²) in [6.07, 6.45) is -100. The molecule has 0 radical (unpaired) electrons. The van der Waals surface area contributed by atoms with Crippen molar-refractivity contribution >= 4 is 41.4 Å². The van der Waals surface area contributed by atoms with Crippen LogP contribution in [0.15, 0.2) is 0 Å². The van der Waals surface area contributed by atoms with Gasteiger partial charge in [-0.15, -0.1) is 0 Å². The van der Waals surface area contributed by atoms with Gasteiger partial charge in [-0.2, -0.15) is 0 Å². The highest BCUT2D eigenvalue weighted by molar-refractivity contribution is 5.77. The number of carboxylic acid groups (broad SMARTS) is 1. The van der Waals surface area contributed by atoms with Gasteiger partial charge in [0.15, 0.2) is 56.6 Å². The fourth-order valence-corrected chi connectivity index (χ4v) is 17.5. The van der Waals surface area contributed by atoms with E-state index in [0.29, 0.717) is 0 Å². The molecule has 0 bridgehead atoms. The first-order chi connectivity index (χ1) is 63.7. The van der Waals surface area contributed by atoms with E-state index in [1.165, 1.54) is 0 Å². The van der Waals surface area contributed by atoms with Crippen LogP contribution in [0.3, 0.4) is 0 Å². The zero-order valence-corrected chi connectivity index (χ0v) is 72.8. The third-order valence-corrected chi connectivity index (χ3v) is 24.3. The van der Waals surface area contributed by atoms with E-state index in [2.05, 4.69) is 31.9 Å². The van der Waals surface area contributed by atoms with Gasteiger partial charge >= 0.3 is 5.97 Å². The number of nitrogens with one attached hydrogen (secondary N) is 6. The lowest BCUT2D eigenvalue weighted by molar-refractivity contribution is -0.406. The number of hydrogen-bond acceptors (Lipinski definition) is 53. The van der Waals surface area contributed by atoms with E-state index in [1.54, 1.807) is 0 Å². The standard InChI is InChI=1S/C75H124N6O54/c1-18(91)76-35-24(97)7-75(74(115)116,134-60(35)41(99)25(98)8-82)135-62-45(103)29(12-86)121-71(55(62)113)130-58-32(15-89)124-69(40(51(58)109)81-23(6)96)133-64-53(111)59(128-66-37(78-20(3)93)47(105)42(100)26(9-83)119-66)33(16-90)125-73(64)131-61-46(104)34(17-117-72-63(52(110)44(102)28(11-85)122-72)132-67-38(79-21(4)94)48(106)43(101)27(10-84)120-67)126-70(54(61)112)129-57-31(14-88)123-68(39(50(57)108)80-22(5)95)127-56-30(13-87)118-65(114)36(49(56)107)77-19(2)92/h24-73,82-90,97-114H,7-17H2,1-6H3,(H,76,91)(H,77,92)(H,78,93)(H,79,94)(H,80,95)(H,81,96)(H,115,116)/t24-,25+,26+,27+,28+,29+,30+,31+,32+,33+,34+,35+,36+,37+,38+,39+,40+,41+,42+,43+,44+,45-,46+,47+,48+,49+,50+,51+,52-,53-,54-,55+,56+,57+,58+,59+,60+,61-,62-,63-,64-,65+,66-,67-,68-,69-,70-,71-,72-,73+,75-/m0/s1. The van der Waals surface area contributed by atoms with Gasteiger partial charge in [-0.05, 0) is 0 Å². The summed E-state index contributed by atoms with van der Waals surface area (Å²) in [5.74, 6) is -11.3. The maximum atomic E-state index is 13.6. The molecular formula is C75H124N6O54. The summed E-state index contributed by atoms with van der Waals surface area (Å²) in [5, 5.41) is 331. The Hall–Kier alpha value is -5.55. The molecule has 51 atom stereocenters. The Bertz CT molecular complexity index is 3820. The Labute approximate surface area is 764 Å². The highest BCUT2D eigenvalue weighted by Crippen LogP contribution is 2.43. The first kappa shape index (κ1) is 111. The number of carbonyl (C=O) groups excluding carboxylic acids is 6.